The summed E-state index contributed by atoms with van der Waals surface area (Å²) in [5.41, 5.74) is 0.146. The SMILES string of the molecule is COc1cc(OC)c(PC(=O)c2c(OC)cc(OC)cc2OC)c(OC)c1.[Li]. The molecule has 2 aromatic carbocycles. The van der Waals surface area contributed by atoms with Crippen molar-refractivity contribution in [3.8, 4) is 34.5 Å². The van der Waals surface area contributed by atoms with E-state index in [1.54, 1.807) is 31.4 Å². The van der Waals surface area contributed by atoms with Gasteiger partial charge in [0.25, 0.3) is 0 Å². The maximum Gasteiger partial charge on any atom is 0.193 e. The minimum Gasteiger partial charge on any atom is -0.496 e. The molecule has 1 atom stereocenters. The van der Waals surface area contributed by atoms with Crippen molar-refractivity contribution in [3.05, 3.63) is 29.8 Å². The largest absolute Gasteiger partial charge is 0.496 e. The zero-order valence-corrected chi connectivity index (χ0v) is 18.2. The van der Waals surface area contributed by atoms with Crippen molar-refractivity contribution >= 4 is 38.3 Å². The second-order valence-corrected chi connectivity index (χ2v) is 6.47. The van der Waals surface area contributed by atoms with E-state index in [0.717, 1.165) is 0 Å². The van der Waals surface area contributed by atoms with Crippen LogP contribution in [0.4, 0.5) is 0 Å². The number of methoxy groups -OCH3 is 6. The van der Waals surface area contributed by atoms with Crippen molar-refractivity contribution < 1.29 is 33.2 Å². The van der Waals surface area contributed by atoms with Crippen LogP contribution < -0.4 is 33.7 Å². The zero-order valence-electron chi connectivity index (χ0n) is 17.2. The van der Waals surface area contributed by atoms with Crippen LogP contribution in [0.25, 0.3) is 0 Å². The third-order valence-electron chi connectivity index (χ3n) is 3.90. The first-order valence-electron chi connectivity index (χ1n) is 7.94. The molecule has 0 aliphatic carbocycles. The van der Waals surface area contributed by atoms with E-state index < -0.39 is 0 Å². The van der Waals surface area contributed by atoms with Crippen LogP contribution >= 0.6 is 8.58 Å². The number of carbonyl (C=O) groups is 1. The molecule has 7 nitrogen and oxygen atoms in total. The van der Waals surface area contributed by atoms with Crippen LogP contribution in [0.5, 0.6) is 34.5 Å². The van der Waals surface area contributed by atoms with Crippen molar-refractivity contribution in [1.82, 2.24) is 0 Å². The van der Waals surface area contributed by atoms with E-state index >= 15 is 0 Å². The third kappa shape index (κ3) is 5.05. The average molecular weight is 401 g/mol. The molecule has 0 bridgehead atoms. The van der Waals surface area contributed by atoms with E-state index in [9.17, 15) is 4.79 Å². The fourth-order valence-corrected chi connectivity index (χ4v) is 3.73. The Hall–Kier alpha value is -2.06. The van der Waals surface area contributed by atoms with Crippen LogP contribution in [-0.4, -0.2) is 67.0 Å². The first-order chi connectivity index (χ1) is 13.0. The van der Waals surface area contributed by atoms with Gasteiger partial charge >= 0.3 is 0 Å². The van der Waals surface area contributed by atoms with Crippen LogP contribution in [0.3, 0.4) is 0 Å². The number of rotatable bonds is 9. The molecular formula is C19H23LiO7P. The van der Waals surface area contributed by atoms with Crippen molar-refractivity contribution in [3.63, 3.8) is 0 Å². The van der Waals surface area contributed by atoms with Crippen LogP contribution in [0.1, 0.15) is 10.4 Å². The number of ether oxygens (including phenoxy) is 6. The Kier molecular flexibility index (Phi) is 9.47. The number of hydrogen-bond acceptors (Lipinski definition) is 7. The maximum absolute atomic E-state index is 13.1. The molecule has 0 N–H and O–H groups in total. The Morgan fingerprint density at radius 1 is 0.643 bits per heavy atom. The van der Waals surface area contributed by atoms with E-state index in [0.29, 0.717) is 45.4 Å². The third-order valence-corrected chi connectivity index (χ3v) is 5.12. The van der Waals surface area contributed by atoms with Gasteiger partial charge in [0.2, 0.25) is 0 Å². The van der Waals surface area contributed by atoms with E-state index in [2.05, 4.69) is 0 Å². The maximum atomic E-state index is 13.1. The predicted molar refractivity (Wildman–Crippen MR) is 110 cm³/mol. The minimum absolute atomic E-state index is 0. The molecule has 0 fully saturated rings. The van der Waals surface area contributed by atoms with E-state index in [1.165, 1.54) is 35.5 Å². The van der Waals surface area contributed by atoms with Gasteiger partial charge in [-0.15, -0.1) is 0 Å². The van der Waals surface area contributed by atoms with Crippen molar-refractivity contribution in [1.29, 1.82) is 0 Å². The van der Waals surface area contributed by atoms with Crippen molar-refractivity contribution in [2.45, 2.75) is 0 Å². The van der Waals surface area contributed by atoms with Gasteiger partial charge in [0, 0.05) is 43.1 Å². The molecule has 0 aromatic heterocycles. The van der Waals surface area contributed by atoms with Gasteiger partial charge in [-0.1, -0.05) is 0 Å². The normalized spacial score (nSPS) is 10.2. The van der Waals surface area contributed by atoms with Gasteiger partial charge in [-0.25, -0.2) is 0 Å². The van der Waals surface area contributed by atoms with Gasteiger partial charge in [-0.2, -0.15) is 0 Å². The summed E-state index contributed by atoms with van der Waals surface area (Å²) in [6, 6.07) is 6.70. The van der Waals surface area contributed by atoms with Crippen LogP contribution in [0.15, 0.2) is 24.3 Å². The second-order valence-electron chi connectivity index (χ2n) is 5.27. The molecule has 9 heteroatoms. The molecule has 0 saturated heterocycles. The average Bonchev–Trinajstić information content (AvgIpc) is 2.72. The summed E-state index contributed by atoms with van der Waals surface area (Å²) in [5, 5.41) is 0.630. The molecule has 0 aliphatic rings. The smallest absolute Gasteiger partial charge is 0.193 e. The Morgan fingerprint density at radius 3 is 1.32 bits per heavy atom. The molecule has 0 saturated carbocycles. The molecule has 1 unspecified atom stereocenters. The Labute approximate surface area is 178 Å². The van der Waals surface area contributed by atoms with Crippen LogP contribution in [0, 0.1) is 0 Å². The molecule has 0 spiro atoms. The Morgan fingerprint density at radius 2 is 1.00 bits per heavy atom. The topological polar surface area (TPSA) is 72.5 Å². The van der Waals surface area contributed by atoms with Gasteiger partial charge < -0.3 is 28.4 Å². The fourth-order valence-electron chi connectivity index (χ4n) is 2.53. The van der Waals surface area contributed by atoms with Gasteiger partial charge in [0.05, 0.1) is 48.0 Å². The summed E-state index contributed by atoms with van der Waals surface area (Å²) >= 11 is 0. The van der Waals surface area contributed by atoms with Gasteiger partial charge in [-0.05, 0) is 8.58 Å². The molecule has 147 valence electrons. The van der Waals surface area contributed by atoms with Crippen molar-refractivity contribution in [2.75, 3.05) is 42.7 Å². The summed E-state index contributed by atoms with van der Waals surface area (Å²) in [7, 11) is 8.83. The molecule has 0 amide bonds. The Bertz CT molecular complexity index is 776. The summed E-state index contributed by atoms with van der Waals surface area (Å²) in [5.74, 6) is 2.85. The van der Waals surface area contributed by atoms with E-state index in [4.69, 9.17) is 28.4 Å². The second kappa shape index (κ2) is 11.1. The van der Waals surface area contributed by atoms with Gasteiger partial charge in [0.15, 0.2) is 5.52 Å². The number of benzene rings is 2. The first-order valence-corrected chi connectivity index (χ1v) is 8.94. The van der Waals surface area contributed by atoms with Crippen LogP contribution in [-0.2, 0) is 0 Å². The van der Waals surface area contributed by atoms with E-state index in [1.807, 2.05) is 0 Å². The molecular weight excluding hydrogens is 378 g/mol. The zero-order chi connectivity index (χ0) is 20.0. The van der Waals surface area contributed by atoms with Crippen LogP contribution in [0.2, 0.25) is 0 Å². The molecule has 1 radical (unpaired) electrons. The summed E-state index contributed by atoms with van der Waals surface area (Å²) in [4.78, 5) is 13.1. The first kappa shape index (κ1) is 24.0. The standard InChI is InChI=1S/C19H23O7P.Li/c1-21-11-7-13(23-3)17(14(8-11)24-4)19(20)27-18-15(25-5)9-12(22-2)10-16(18)26-6;/h7-10,27H,1-6H3;. The summed E-state index contributed by atoms with van der Waals surface area (Å²) < 4.78 is 32.1. The minimum atomic E-state index is -0.284. The van der Waals surface area contributed by atoms with E-state index in [-0.39, 0.29) is 33.0 Å². The summed E-state index contributed by atoms with van der Waals surface area (Å²) in [6.07, 6.45) is 0. The quantitative estimate of drug-likeness (QED) is 0.472. The summed E-state index contributed by atoms with van der Waals surface area (Å²) in [6.45, 7) is 0. The molecule has 0 aliphatic heterocycles. The molecule has 2 rings (SSSR count). The predicted octanol–water partition coefficient (Wildman–Crippen LogP) is 2.50. The fraction of sp³-hybridized carbons (Fsp3) is 0.316. The number of carbonyl (C=O) groups excluding carboxylic acids is 1. The molecule has 2 aromatic rings. The number of hydrogen-bond donors (Lipinski definition) is 0. The monoisotopic (exact) mass is 401 g/mol. The molecule has 28 heavy (non-hydrogen) atoms. The van der Waals surface area contributed by atoms with Gasteiger partial charge in [0.1, 0.15) is 40.1 Å². The van der Waals surface area contributed by atoms with Crippen molar-refractivity contribution in [2.24, 2.45) is 0 Å². The van der Waals surface area contributed by atoms with Gasteiger partial charge in [-0.3, -0.25) is 4.79 Å². The molecule has 0 heterocycles. The Balaban J connectivity index is 0.00000392.